The van der Waals surface area contributed by atoms with E-state index in [9.17, 15) is 5.11 Å². The van der Waals surface area contributed by atoms with Gasteiger partial charge >= 0.3 is 0 Å². The Hall–Kier alpha value is -0.820. The summed E-state index contributed by atoms with van der Waals surface area (Å²) >= 11 is 0. The largest absolute Gasteiger partial charge is 0.385 e. The first-order valence-electron chi connectivity index (χ1n) is 7.02. The molecule has 1 aliphatic rings. The molecule has 0 aromatic heterocycles. The minimum atomic E-state index is -0.643. The lowest BCUT2D eigenvalue weighted by Crippen LogP contribution is -2.38. The van der Waals surface area contributed by atoms with Crippen LogP contribution in [0.4, 0.5) is 0 Å². The second kappa shape index (κ2) is 6.38. The molecule has 1 heteroatoms. The van der Waals surface area contributed by atoms with Crippen molar-refractivity contribution in [1.29, 1.82) is 0 Å². The first kappa shape index (κ1) is 15.2. The van der Waals surface area contributed by atoms with E-state index in [1.807, 2.05) is 6.92 Å². The SMILES string of the molecule is CC(C)=CCC1=CCC[C@@H](CC=C(C)C)C1(C)O. The van der Waals surface area contributed by atoms with Crippen LogP contribution in [0.1, 0.15) is 60.3 Å². The predicted octanol–water partition coefficient (Wildman–Crippen LogP) is 4.79. The lowest BCUT2D eigenvalue weighted by Gasteiger charge is -2.38. The molecule has 1 N–H and O–H groups in total. The van der Waals surface area contributed by atoms with E-state index in [0.29, 0.717) is 5.92 Å². The van der Waals surface area contributed by atoms with E-state index in [0.717, 1.165) is 25.7 Å². The summed E-state index contributed by atoms with van der Waals surface area (Å²) in [4.78, 5) is 0. The van der Waals surface area contributed by atoms with Gasteiger partial charge in [-0.1, -0.05) is 29.4 Å². The van der Waals surface area contributed by atoms with E-state index in [1.165, 1.54) is 16.7 Å². The Morgan fingerprint density at radius 3 is 2.44 bits per heavy atom. The van der Waals surface area contributed by atoms with Gasteiger partial charge in [0.05, 0.1) is 5.60 Å². The topological polar surface area (TPSA) is 20.2 Å². The Morgan fingerprint density at radius 1 is 1.28 bits per heavy atom. The van der Waals surface area contributed by atoms with Gasteiger partial charge in [-0.05, 0) is 71.8 Å². The van der Waals surface area contributed by atoms with Gasteiger partial charge in [0.2, 0.25) is 0 Å². The zero-order valence-corrected chi connectivity index (χ0v) is 12.6. The fourth-order valence-electron chi connectivity index (χ4n) is 2.54. The quantitative estimate of drug-likeness (QED) is 0.709. The van der Waals surface area contributed by atoms with Crippen molar-refractivity contribution in [2.24, 2.45) is 5.92 Å². The third-order valence-corrected chi connectivity index (χ3v) is 3.89. The molecule has 0 aromatic carbocycles. The van der Waals surface area contributed by atoms with Crippen LogP contribution in [0.25, 0.3) is 0 Å². The smallest absolute Gasteiger partial charge is 0.0862 e. The van der Waals surface area contributed by atoms with E-state index >= 15 is 0 Å². The normalized spacial score (nSPS) is 27.4. The van der Waals surface area contributed by atoms with Gasteiger partial charge in [-0.15, -0.1) is 0 Å². The number of hydrogen-bond donors (Lipinski definition) is 1. The van der Waals surface area contributed by atoms with Crippen molar-refractivity contribution in [2.75, 3.05) is 0 Å². The molecule has 1 rings (SSSR count). The Bertz CT molecular complexity index is 361. The van der Waals surface area contributed by atoms with E-state index in [-0.39, 0.29) is 0 Å². The van der Waals surface area contributed by atoms with Crippen molar-refractivity contribution < 1.29 is 5.11 Å². The van der Waals surface area contributed by atoms with E-state index < -0.39 is 5.60 Å². The van der Waals surface area contributed by atoms with Crippen molar-refractivity contribution in [2.45, 2.75) is 65.9 Å². The number of aliphatic hydroxyl groups is 1. The van der Waals surface area contributed by atoms with Gasteiger partial charge in [0.25, 0.3) is 0 Å². The monoisotopic (exact) mass is 248 g/mol. The summed E-state index contributed by atoms with van der Waals surface area (Å²) in [5, 5.41) is 10.8. The molecule has 0 aromatic rings. The third kappa shape index (κ3) is 4.13. The first-order valence-corrected chi connectivity index (χ1v) is 7.02. The highest BCUT2D eigenvalue weighted by Gasteiger charge is 2.36. The molecule has 1 aliphatic carbocycles. The Balaban J connectivity index is 2.79. The molecule has 0 fully saturated rings. The van der Waals surface area contributed by atoms with Gasteiger partial charge in [0.15, 0.2) is 0 Å². The second-order valence-corrected chi connectivity index (χ2v) is 6.15. The number of hydrogen-bond acceptors (Lipinski definition) is 1. The first-order chi connectivity index (χ1) is 8.34. The van der Waals surface area contributed by atoms with Gasteiger partial charge in [0.1, 0.15) is 0 Å². The highest BCUT2D eigenvalue weighted by atomic mass is 16.3. The molecule has 0 amide bonds. The van der Waals surface area contributed by atoms with Crippen molar-refractivity contribution >= 4 is 0 Å². The van der Waals surface area contributed by atoms with Crippen LogP contribution in [0.2, 0.25) is 0 Å². The fourth-order valence-corrected chi connectivity index (χ4v) is 2.54. The van der Waals surface area contributed by atoms with E-state index in [1.54, 1.807) is 0 Å². The molecule has 0 bridgehead atoms. The molecular formula is C17H28O. The highest BCUT2D eigenvalue weighted by Crippen LogP contribution is 2.38. The van der Waals surface area contributed by atoms with Gasteiger partial charge < -0.3 is 5.11 Å². The molecule has 0 saturated heterocycles. The lowest BCUT2D eigenvalue weighted by atomic mass is 9.72. The Kier molecular flexibility index (Phi) is 5.40. The van der Waals surface area contributed by atoms with Crippen LogP contribution in [0, 0.1) is 5.92 Å². The molecule has 0 radical (unpaired) electrons. The number of rotatable bonds is 4. The van der Waals surface area contributed by atoms with Gasteiger partial charge in [-0.25, -0.2) is 0 Å². The van der Waals surface area contributed by atoms with Crippen LogP contribution in [0.5, 0.6) is 0 Å². The summed E-state index contributed by atoms with van der Waals surface area (Å²) in [6.07, 6.45) is 10.8. The Labute approximate surface area is 112 Å². The summed E-state index contributed by atoms with van der Waals surface area (Å²) in [6, 6.07) is 0. The maximum absolute atomic E-state index is 10.8. The van der Waals surface area contributed by atoms with Crippen LogP contribution in [0.3, 0.4) is 0 Å². The maximum Gasteiger partial charge on any atom is 0.0862 e. The van der Waals surface area contributed by atoms with Crippen LogP contribution < -0.4 is 0 Å². The average molecular weight is 248 g/mol. The van der Waals surface area contributed by atoms with Gasteiger partial charge in [-0.2, -0.15) is 0 Å². The molecule has 0 spiro atoms. The molecule has 0 heterocycles. The van der Waals surface area contributed by atoms with Gasteiger partial charge in [-0.3, -0.25) is 0 Å². The van der Waals surface area contributed by atoms with Crippen LogP contribution in [-0.2, 0) is 0 Å². The van der Waals surface area contributed by atoms with Crippen LogP contribution >= 0.6 is 0 Å². The molecule has 1 nitrogen and oxygen atoms in total. The van der Waals surface area contributed by atoms with Crippen molar-refractivity contribution in [3.63, 3.8) is 0 Å². The third-order valence-electron chi connectivity index (χ3n) is 3.89. The average Bonchev–Trinajstić information content (AvgIpc) is 2.24. The minimum Gasteiger partial charge on any atom is -0.385 e. The lowest BCUT2D eigenvalue weighted by molar-refractivity contribution is 0.0236. The standard InChI is InChI=1S/C17H28O/c1-13(2)9-11-15-7-6-8-16(17(15,5)18)12-10-14(3)4/h7,9-10,16,18H,6,8,11-12H2,1-5H3/t16-,17?/m0/s1. The zero-order valence-electron chi connectivity index (χ0n) is 12.6. The summed E-state index contributed by atoms with van der Waals surface area (Å²) in [7, 11) is 0. The minimum absolute atomic E-state index is 0.359. The second-order valence-electron chi connectivity index (χ2n) is 6.15. The summed E-state index contributed by atoms with van der Waals surface area (Å²) in [5.74, 6) is 0.359. The molecule has 1 unspecified atom stereocenters. The van der Waals surface area contributed by atoms with Crippen LogP contribution in [0.15, 0.2) is 34.9 Å². The molecule has 102 valence electrons. The van der Waals surface area contributed by atoms with E-state index in [2.05, 4.69) is 45.9 Å². The van der Waals surface area contributed by atoms with Crippen LogP contribution in [-0.4, -0.2) is 10.7 Å². The van der Waals surface area contributed by atoms with Crippen molar-refractivity contribution in [3.8, 4) is 0 Å². The molecule has 0 saturated carbocycles. The summed E-state index contributed by atoms with van der Waals surface area (Å²) in [6.45, 7) is 10.5. The highest BCUT2D eigenvalue weighted by molar-refractivity contribution is 5.24. The maximum atomic E-state index is 10.8. The Morgan fingerprint density at radius 2 is 1.89 bits per heavy atom. The summed E-state index contributed by atoms with van der Waals surface area (Å²) in [5.41, 5.74) is 3.21. The predicted molar refractivity (Wildman–Crippen MR) is 79.5 cm³/mol. The number of allylic oxidation sites excluding steroid dienone is 5. The molecule has 2 atom stereocenters. The van der Waals surface area contributed by atoms with Gasteiger partial charge in [0, 0.05) is 0 Å². The van der Waals surface area contributed by atoms with E-state index in [4.69, 9.17) is 0 Å². The van der Waals surface area contributed by atoms with Crippen molar-refractivity contribution in [1.82, 2.24) is 0 Å². The fraction of sp³-hybridized carbons (Fsp3) is 0.647. The molecule has 0 aliphatic heterocycles. The molecule has 18 heavy (non-hydrogen) atoms. The summed E-state index contributed by atoms with van der Waals surface area (Å²) < 4.78 is 0. The molecular weight excluding hydrogens is 220 g/mol. The van der Waals surface area contributed by atoms with Crippen molar-refractivity contribution in [3.05, 3.63) is 34.9 Å². The zero-order chi connectivity index (χ0) is 13.8.